The number of rotatable bonds is 10. The van der Waals surface area contributed by atoms with Gasteiger partial charge in [0, 0.05) is 47.2 Å². The molecule has 0 radical (unpaired) electrons. The number of hydrogen-bond acceptors (Lipinski definition) is 11. The van der Waals surface area contributed by atoms with Gasteiger partial charge in [-0.1, -0.05) is 19.1 Å². The third kappa shape index (κ3) is 8.27. The van der Waals surface area contributed by atoms with Gasteiger partial charge in [-0.05, 0) is 36.6 Å². The topological polar surface area (TPSA) is 150 Å². The van der Waals surface area contributed by atoms with Gasteiger partial charge >= 0.3 is 5.97 Å². The van der Waals surface area contributed by atoms with E-state index in [9.17, 15) is 19.8 Å². The Morgan fingerprint density at radius 3 is 2.27 bits per heavy atom. The molecule has 0 aromatic heterocycles. The molecule has 0 aliphatic carbocycles. The molecule has 4 atom stereocenters. The number of halogens is 1. The Morgan fingerprint density at radius 1 is 1.05 bits per heavy atom. The molecule has 0 bridgehead atoms. The van der Waals surface area contributed by atoms with E-state index < -0.39 is 24.6 Å². The molecular weight excluding hydrogens is 639 g/mol. The number of hydrogen-bond donors (Lipinski definition) is 3. The van der Waals surface area contributed by atoms with Crippen LogP contribution in [0.2, 0.25) is 0 Å². The van der Waals surface area contributed by atoms with Crippen LogP contribution >= 0.6 is 22.6 Å². The number of carbonyl (C=O) groups is 2. The van der Waals surface area contributed by atoms with Crippen molar-refractivity contribution in [2.75, 3.05) is 35.0 Å². The van der Waals surface area contributed by atoms with Gasteiger partial charge < -0.3 is 43.7 Å². The van der Waals surface area contributed by atoms with E-state index in [0.29, 0.717) is 33.9 Å². The molecule has 3 rings (SSSR count). The Hall–Kier alpha value is -2.49. The van der Waals surface area contributed by atoms with E-state index in [-0.39, 0.29) is 29.4 Å². The van der Waals surface area contributed by atoms with E-state index in [1.165, 1.54) is 28.4 Å². The Morgan fingerprint density at radius 2 is 1.75 bits per heavy atom. The number of aliphatic hydroxyl groups excluding tert-OH is 3. The highest BCUT2D eigenvalue weighted by Crippen LogP contribution is 2.42. The van der Waals surface area contributed by atoms with Crippen LogP contribution in [0.3, 0.4) is 0 Å². The lowest BCUT2D eigenvalue weighted by Gasteiger charge is -2.35. The van der Waals surface area contributed by atoms with Crippen molar-refractivity contribution in [3.05, 3.63) is 52.1 Å². The highest BCUT2D eigenvalue weighted by molar-refractivity contribution is 14.1. The average Bonchev–Trinajstić information content (AvgIpc) is 2.96. The smallest absolute Gasteiger partial charge is 0.338 e. The number of ether oxygens (including phenoxy) is 6. The highest BCUT2D eigenvalue weighted by Gasteiger charge is 2.36. The number of esters is 1. The molecule has 222 valence electrons. The monoisotopic (exact) mass is 676 g/mol. The molecular formula is C28H37IO11. The summed E-state index contributed by atoms with van der Waals surface area (Å²) < 4.78 is 31.5. The first-order chi connectivity index (χ1) is 19.1. The van der Waals surface area contributed by atoms with Gasteiger partial charge in [-0.25, -0.2) is 4.79 Å². The summed E-state index contributed by atoms with van der Waals surface area (Å²) in [5.74, 6) is 0.872. The Labute approximate surface area is 247 Å². The van der Waals surface area contributed by atoms with Crippen LogP contribution in [0.1, 0.15) is 50.8 Å². The van der Waals surface area contributed by atoms with Gasteiger partial charge in [0.15, 0.2) is 17.8 Å². The lowest BCUT2D eigenvalue weighted by Crippen LogP contribution is -2.50. The van der Waals surface area contributed by atoms with Crippen molar-refractivity contribution in [2.45, 2.75) is 57.9 Å². The maximum Gasteiger partial charge on any atom is 0.338 e. The lowest BCUT2D eigenvalue weighted by atomic mass is 10.0. The normalized spacial score (nSPS) is 20.1. The van der Waals surface area contributed by atoms with Gasteiger partial charge in [-0.15, -0.1) is 0 Å². The van der Waals surface area contributed by atoms with E-state index in [1.807, 2.05) is 19.1 Å². The van der Waals surface area contributed by atoms with Gasteiger partial charge in [0.05, 0.1) is 39.6 Å². The summed E-state index contributed by atoms with van der Waals surface area (Å²) in [6, 6.07) is 7.20. The number of methoxy groups -OCH3 is 4. The second kappa shape index (κ2) is 16.1. The molecule has 2 aromatic rings. The molecule has 12 heteroatoms. The standard InChI is InChI=1S/C21H23IO6.C7H14O5/c1-6-14-8-7-13(9-16(14)21(24)27-5)11-28-19-17(25-3)10-15(20(22)23)12(2)18(19)26-4;1-11-6-2-4(9)7(10)5(3-8)12-6/h7-10H,6,11H2,1-5H3;4-10H,2-3H2,1H3/t;4-,5-,6+,7+/m.1/s1. The number of aliphatic hydroxyl groups is 3. The Kier molecular flexibility index (Phi) is 13.6. The largest absolute Gasteiger partial charge is 0.493 e. The van der Waals surface area contributed by atoms with Crippen LogP contribution in [0.5, 0.6) is 17.2 Å². The summed E-state index contributed by atoms with van der Waals surface area (Å²) in [4.78, 5) is 23.9. The van der Waals surface area contributed by atoms with Gasteiger partial charge in [-0.2, -0.15) is 0 Å². The first-order valence-corrected chi connectivity index (χ1v) is 13.6. The minimum absolute atomic E-state index is 0.115. The van der Waals surface area contributed by atoms with Crippen LogP contribution in [0.15, 0.2) is 24.3 Å². The number of carbonyl (C=O) groups excluding carboxylic acids is 2. The molecule has 40 heavy (non-hydrogen) atoms. The highest BCUT2D eigenvalue weighted by atomic mass is 127. The van der Waals surface area contributed by atoms with E-state index in [2.05, 4.69) is 0 Å². The van der Waals surface area contributed by atoms with E-state index in [4.69, 9.17) is 33.5 Å². The van der Waals surface area contributed by atoms with E-state index in [0.717, 1.165) is 17.5 Å². The predicted molar refractivity (Wildman–Crippen MR) is 154 cm³/mol. The minimum Gasteiger partial charge on any atom is -0.493 e. The van der Waals surface area contributed by atoms with Crippen molar-refractivity contribution >= 4 is 32.4 Å². The van der Waals surface area contributed by atoms with E-state index in [1.54, 1.807) is 41.6 Å². The van der Waals surface area contributed by atoms with Gasteiger partial charge in [0.1, 0.15) is 18.8 Å². The number of aryl methyl sites for hydroxylation is 1. The van der Waals surface area contributed by atoms with Crippen LogP contribution < -0.4 is 14.2 Å². The van der Waals surface area contributed by atoms with Gasteiger partial charge in [0.2, 0.25) is 9.54 Å². The third-order valence-corrected chi connectivity index (χ3v) is 6.99. The second-order valence-electron chi connectivity index (χ2n) is 8.83. The molecule has 1 fully saturated rings. The quantitative estimate of drug-likeness (QED) is 0.194. The van der Waals surface area contributed by atoms with Crippen LogP contribution in [-0.4, -0.2) is 84.7 Å². The molecule has 11 nitrogen and oxygen atoms in total. The fourth-order valence-corrected chi connectivity index (χ4v) is 4.70. The third-order valence-electron chi connectivity index (χ3n) is 6.41. The zero-order valence-electron chi connectivity index (χ0n) is 23.4. The van der Waals surface area contributed by atoms with Crippen molar-refractivity contribution in [2.24, 2.45) is 0 Å². The summed E-state index contributed by atoms with van der Waals surface area (Å²) in [6.07, 6.45) is -2.26. The van der Waals surface area contributed by atoms with Crippen LogP contribution in [0, 0.1) is 6.92 Å². The molecule has 2 aromatic carbocycles. The summed E-state index contributed by atoms with van der Waals surface area (Å²) in [5, 5.41) is 27.3. The van der Waals surface area contributed by atoms with Crippen molar-refractivity contribution in [3.8, 4) is 17.2 Å². The fourth-order valence-electron chi connectivity index (χ4n) is 4.14. The summed E-state index contributed by atoms with van der Waals surface area (Å²) in [6.45, 7) is 3.64. The summed E-state index contributed by atoms with van der Waals surface area (Å²) >= 11 is 1.73. The maximum absolute atomic E-state index is 12.0. The first kappa shape index (κ1) is 33.7. The van der Waals surface area contributed by atoms with Gasteiger partial charge in [0.25, 0.3) is 0 Å². The molecule has 1 heterocycles. The lowest BCUT2D eigenvalue weighted by molar-refractivity contribution is -0.248. The average molecular weight is 676 g/mol. The molecule has 3 N–H and O–H groups in total. The second-order valence-corrected chi connectivity index (χ2v) is 9.81. The molecule has 1 aliphatic rings. The van der Waals surface area contributed by atoms with Crippen molar-refractivity contribution in [1.82, 2.24) is 0 Å². The number of benzene rings is 2. The van der Waals surface area contributed by atoms with Crippen molar-refractivity contribution in [3.63, 3.8) is 0 Å². The molecule has 1 aliphatic heterocycles. The zero-order chi connectivity index (χ0) is 30.0. The fraction of sp³-hybridized carbons (Fsp3) is 0.500. The van der Waals surface area contributed by atoms with Crippen LogP contribution in [0.4, 0.5) is 0 Å². The van der Waals surface area contributed by atoms with Crippen LogP contribution in [0.25, 0.3) is 0 Å². The SMILES string of the molecule is CCc1ccc(COc2c(OC)cc(C(=O)I)c(C)c2OC)cc1C(=O)OC.CO[C@@H]1C[C@@H](O)[C@H](O)[C@@H](CO)O1. The Balaban J connectivity index is 0.000000389. The van der Waals surface area contributed by atoms with Crippen molar-refractivity contribution in [1.29, 1.82) is 0 Å². The predicted octanol–water partition coefficient (Wildman–Crippen LogP) is 2.98. The Bertz CT molecular complexity index is 1150. The molecule has 0 spiro atoms. The summed E-state index contributed by atoms with van der Waals surface area (Å²) in [7, 11) is 5.83. The van der Waals surface area contributed by atoms with E-state index >= 15 is 0 Å². The van der Waals surface area contributed by atoms with Crippen molar-refractivity contribution < 1.29 is 53.3 Å². The van der Waals surface area contributed by atoms with Gasteiger partial charge in [-0.3, -0.25) is 4.79 Å². The zero-order valence-corrected chi connectivity index (χ0v) is 25.6. The summed E-state index contributed by atoms with van der Waals surface area (Å²) in [5.41, 5.74) is 3.41. The maximum atomic E-state index is 12.0. The molecule has 0 unspecified atom stereocenters. The van der Waals surface area contributed by atoms with Crippen LogP contribution in [-0.2, 0) is 27.2 Å². The minimum atomic E-state index is -1.03. The first-order valence-electron chi connectivity index (χ1n) is 12.5. The molecule has 0 saturated carbocycles. The molecule has 1 saturated heterocycles. The molecule has 0 amide bonds.